The first-order valence-corrected chi connectivity index (χ1v) is 12.4. The number of hydrogen-bond acceptors (Lipinski definition) is 5. The fourth-order valence-electron chi connectivity index (χ4n) is 3.82. The largest absolute Gasteiger partial charge is 0.466 e. The summed E-state index contributed by atoms with van der Waals surface area (Å²) in [5.74, 6) is -0.114. The first-order chi connectivity index (χ1) is 14.8. The van der Waals surface area contributed by atoms with Crippen molar-refractivity contribution < 1.29 is 23.9 Å². The molecule has 182 valence electrons. The van der Waals surface area contributed by atoms with E-state index in [-0.39, 0.29) is 29.9 Å². The van der Waals surface area contributed by atoms with Crippen molar-refractivity contribution in [2.24, 2.45) is 5.92 Å². The molecule has 0 N–H and O–H groups in total. The Hall–Kier alpha value is -1.59. The summed E-state index contributed by atoms with van der Waals surface area (Å²) >= 11 is 0. The van der Waals surface area contributed by atoms with Crippen molar-refractivity contribution in [2.45, 2.75) is 117 Å². The molecule has 0 fully saturated rings. The molecule has 0 aliphatic rings. The number of amides is 1. The maximum atomic E-state index is 12.8. The Morgan fingerprint density at radius 3 is 2.03 bits per heavy atom. The third kappa shape index (κ3) is 15.8. The van der Waals surface area contributed by atoms with Gasteiger partial charge in [0.05, 0.1) is 6.61 Å². The fraction of sp³-hybridized carbons (Fsp3) is 0.880. The van der Waals surface area contributed by atoms with E-state index in [9.17, 15) is 14.4 Å². The molecule has 0 rings (SSSR count). The molecular weight excluding hydrogens is 394 g/mol. The lowest BCUT2D eigenvalue weighted by molar-refractivity contribution is -0.147. The smallest absolute Gasteiger partial charge is 0.305 e. The van der Waals surface area contributed by atoms with Crippen LogP contribution in [0, 0.1) is 5.92 Å². The van der Waals surface area contributed by atoms with Crippen molar-refractivity contribution in [1.29, 1.82) is 0 Å². The summed E-state index contributed by atoms with van der Waals surface area (Å²) in [6.07, 6.45) is 12.0. The van der Waals surface area contributed by atoms with Crippen LogP contribution >= 0.6 is 0 Å². The average molecular weight is 442 g/mol. The van der Waals surface area contributed by atoms with E-state index in [1.54, 1.807) is 4.90 Å². The van der Waals surface area contributed by atoms with Gasteiger partial charge in [0.15, 0.2) is 0 Å². The van der Waals surface area contributed by atoms with Crippen molar-refractivity contribution in [3.63, 3.8) is 0 Å². The van der Waals surface area contributed by atoms with Gasteiger partial charge in [0.1, 0.15) is 6.10 Å². The van der Waals surface area contributed by atoms with E-state index in [0.717, 1.165) is 77.0 Å². The maximum Gasteiger partial charge on any atom is 0.305 e. The summed E-state index contributed by atoms with van der Waals surface area (Å²) in [6.45, 7) is 8.60. The van der Waals surface area contributed by atoms with E-state index in [1.165, 1.54) is 6.92 Å². The quantitative estimate of drug-likeness (QED) is 0.191. The minimum atomic E-state index is -0.220. The molecule has 6 heteroatoms. The van der Waals surface area contributed by atoms with Gasteiger partial charge < -0.3 is 14.4 Å². The molecule has 1 amide bonds. The number of hydrogen-bond donors (Lipinski definition) is 0. The van der Waals surface area contributed by atoms with Crippen LogP contribution in [0.15, 0.2) is 0 Å². The predicted molar refractivity (Wildman–Crippen MR) is 125 cm³/mol. The minimum Gasteiger partial charge on any atom is -0.466 e. The summed E-state index contributed by atoms with van der Waals surface area (Å²) < 4.78 is 10.5. The maximum absolute atomic E-state index is 12.8. The van der Waals surface area contributed by atoms with Crippen LogP contribution in [-0.2, 0) is 23.9 Å². The predicted octanol–water partition coefficient (Wildman–Crippen LogP) is 5.67. The molecule has 0 radical (unpaired) electrons. The van der Waals surface area contributed by atoms with Crippen molar-refractivity contribution in [2.75, 3.05) is 20.2 Å². The monoisotopic (exact) mass is 441 g/mol. The molecule has 6 nitrogen and oxygen atoms in total. The van der Waals surface area contributed by atoms with Gasteiger partial charge >= 0.3 is 11.9 Å². The normalized spacial score (nSPS) is 12.8. The highest BCUT2D eigenvalue weighted by molar-refractivity contribution is 5.78. The van der Waals surface area contributed by atoms with E-state index in [1.807, 2.05) is 20.9 Å². The Balaban J connectivity index is 4.47. The highest BCUT2D eigenvalue weighted by Crippen LogP contribution is 2.22. The van der Waals surface area contributed by atoms with Crippen LogP contribution < -0.4 is 0 Å². The van der Waals surface area contributed by atoms with E-state index in [4.69, 9.17) is 9.47 Å². The molecular formula is C25H47NO5. The number of ether oxygens (including phenoxy) is 2. The standard InChI is InChI=1S/C25H47NO5/c1-6-9-12-18-23(31-21(4)27)19-15-17-22(25(29)26(5)7-2)16-13-10-11-14-20-24(28)30-8-3/h22-23H,6-20H2,1-5H3. The van der Waals surface area contributed by atoms with Gasteiger partial charge in [0, 0.05) is 32.9 Å². The lowest BCUT2D eigenvalue weighted by Gasteiger charge is -2.24. The summed E-state index contributed by atoms with van der Waals surface area (Å²) in [6, 6.07) is 0. The van der Waals surface area contributed by atoms with Crippen LogP contribution in [-0.4, -0.2) is 49.0 Å². The Morgan fingerprint density at radius 2 is 1.42 bits per heavy atom. The zero-order chi connectivity index (χ0) is 23.5. The van der Waals surface area contributed by atoms with E-state index in [0.29, 0.717) is 19.6 Å². The third-order valence-electron chi connectivity index (χ3n) is 5.73. The number of unbranched alkanes of at least 4 members (excludes halogenated alkanes) is 5. The number of nitrogens with zero attached hydrogens (tertiary/aromatic N) is 1. The van der Waals surface area contributed by atoms with E-state index in [2.05, 4.69) is 6.92 Å². The van der Waals surface area contributed by atoms with Crippen LogP contribution in [0.4, 0.5) is 0 Å². The molecule has 0 bridgehead atoms. The lowest BCUT2D eigenvalue weighted by atomic mass is 9.92. The van der Waals surface area contributed by atoms with Gasteiger partial charge in [0.25, 0.3) is 0 Å². The Kier molecular flexibility index (Phi) is 18.1. The van der Waals surface area contributed by atoms with Gasteiger partial charge in [-0.1, -0.05) is 39.0 Å². The van der Waals surface area contributed by atoms with Gasteiger partial charge in [-0.3, -0.25) is 14.4 Å². The summed E-state index contributed by atoms with van der Waals surface area (Å²) in [7, 11) is 1.86. The molecule has 0 aromatic heterocycles. The minimum absolute atomic E-state index is 0.0172. The number of carbonyl (C=O) groups excluding carboxylic acids is 3. The molecule has 0 aliphatic heterocycles. The SMILES string of the molecule is CCCCCC(CCCC(CCCCCCC(=O)OCC)C(=O)N(C)CC)OC(C)=O. The van der Waals surface area contributed by atoms with Gasteiger partial charge in [-0.05, 0) is 58.8 Å². The number of carbonyl (C=O) groups is 3. The Morgan fingerprint density at radius 1 is 0.806 bits per heavy atom. The third-order valence-corrected chi connectivity index (χ3v) is 5.73. The molecule has 0 saturated carbocycles. The topological polar surface area (TPSA) is 72.9 Å². The van der Waals surface area contributed by atoms with Gasteiger partial charge in [-0.2, -0.15) is 0 Å². The second-order valence-electron chi connectivity index (χ2n) is 8.47. The second-order valence-corrected chi connectivity index (χ2v) is 8.47. The zero-order valence-corrected chi connectivity index (χ0v) is 20.7. The van der Waals surface area contributed by atoms with Crippen molar-refractivity contribution in [3.8, 4) is 0 Å². The Bertz CT molecular complexity index is 494. The van der Waals surface area contributed by atoms with Crippen molar-refractivity contribution in [1.82, 2.24) is 4.90 Å². The lowest BCUT2D eigenvalue weighted by Crippen LogP contribution is -2.33. The van der Waals surface area contributed by atoms with E-state index < -0.39 is 0 Å². The van der Waals surface area contributed by atoms with Crippen LogP contribution in [0.1, 0.15) is 111 Å². The van der Waals surface area contributed by atoms with Crippen LogP contribution in [0.2, 0.25) is 0 Å². The summed E-state index contributed by atoms with van der Waals surface area (Å²) in [5.41, 5.74) is 0. The number of rotatable bonds is 19. The van der Waals surface area contributed by atoms with Crippen LogP contribution in [0.5, 0.6) is 0 Å². The summed E-state index contributed by atoms with van der Waals surface area (Å²) in [4.78, 5) is 37.4. The molecule has 0 aliphatic carbocycles. The van der Waals surface area contributed by atoms with Crippen molar-refractivity contribution >= 4 is 17.8 Å². The fourth-order valence-corrected chi connectivity index (χ4v) is 3.82. The molecule has 0 saturated heterocycles. The Labute approximate surface area is 190 Å². The molecule has 0 aromatic carbocycles. The highest BCUT2D eigenvalue weighted by atomic mass is 16.5. The molecule has 0 spiro atoms. The highest BCUT2D eigenvalue weighted by Gasteiger charge is 2.22. The van der Waals surface area contributed by atoms with Crippen LogP contribution in [0.3, 0.4) is 0 Å². The van der Waals surface area contributed by atoms with Gasteiger partial charge in [0.2, 0.25) is 5.91 Å². The van der Waals surface area contributed by atoms with E-state index >= 15 is 0 Å². The molecule has 2 unspecified atom stereocenters. The van der Waals surface area contributed by atoms with Crippen LogP contribution in [0.25, 0.3) is 0 Å². The molecule has 31 heavy (non-hydrogen) atoms. The summed E-state index contributed by atoms with van der Waals surface area (Å²) in [5, 5.41) is 0. The zero-order valence-electron chi connectivity index (χ0n) is 20.7. The average Bonchev–Trinajstić information content (AvgIpc) is 2.73. The van der Waals surface area contributed by atoms with Crippen molar-refractivity contribution in [3.05, 3.63) is 0 Å². The first kappa shape index (κ1) is 29.4. The number of esters is 2. The first-order valence-electron chi connectivity index (χ1n) is 12.4. The second kappa shape index (κ2) is 19.1. The molecule has 0 aromatic rings. The molecule has 2 atom stereocenters. The van der Waals surface area contributed by atoms with Gasteiger partial charge in [-0.25, -0.2) is 0 Å². The van der Waals surface area contributed by atoms with Gasteiger partial charge in [-0.15, -0.1) is 0 Å². The molecule has 0 heterocycles.